The van der Waals surface area contributed by atoms with Crippen LogP contribution < -0.4 is 5.69 Å². The molecule has 1 aromatic heterocycles. The molecule has 0 fully saturated rings. The molecule has 2 N–H and O–H groups in total. The Morgan fingerprint density at radius 2 is 1.69 bits per heavy atom. The zero-order valence-corrected chi connectivity index (χ0v) is 9.79. The van der Waals surface area contributed by atoms with E-state index in [4.69, 9.17) is 0 Å². The van der Waals surface area contributed by atoms with E-state index in [9.17, 15) is 4.79 Å². The third kappa shape index (κ3) is 1.94. The Bertz CT molecular complexity index is 532. The number of nitrogens with one attached hydrogen (secondary N) is 2. The van der Waals surface area contributed by atoms with E-state index < -0.39 is 0 Å². The number of hydrogen-bond donors (Lipinski definition) is 2. The van der Waals surface area contributed by atoms with Crippen LogP contribution in [0.3, 0.4) is 0 Å². The third-order valence-corrected chi connectivity index (χ3v) is 2.78. The SMILES string of the molecule is Cc1[nH]c(=O)[nH]c1-c1ccc(C(C)C)cc1. The molecule has 0 unspecified atom stereocenters. The molecule has 2 rings (SSSR count). The number of hydrogen-bond acceptors (Lipinski definition) is 1. The molecule has 0 saturated heterocycles. The highest BCUT2D eigenvalue weighted by molar-refractivity contribution is 5.61. The maximum absolute atomic E-state index is 11.1. The number of H-pyrrole nitrogens is 2. The fourth-order valence-electron chi connectivity index (χ4n) is 1.79. The topological polar surface area (TPSA) is 48.6 Å². The molecule has 2 aromatic rings. The number of aromatic nitrogens is 2. The summed E-state index contributed by atoms with van der Waals surface area (Å²) in [5.74, 6) is 0.528. The van der Waals surface area contributed by atoms with Gasteiger partial charge in [-0.1, -0.05) is 38.1 Å². The summed E-state index contributed by atoms with van der Waals surface area (Å²) in [6.07, 6.45) is 0. The van der Waals surface area contributed by atoms with Crippen LogP contribution in [0.25, 0.3) is 11.3 Å². The molecular weight excluding hydrogens is 200 g/mol. The van der Waals surface area contributed by atoms with Crippen molar-refractivity contribution in [2.45, 2.75) is 26.7 Å². The standard InChI is InChI=1S/C13H16N2O/c1-8(2)10-4-6-11(7-5-10)12-9(3)14-13(16)15-12/h4-8H,1-3H3,(H2,14,15,16). The zero-order valence-electron chi connectivity index (χ0n) is 9.79. The lowest BCUT2D eigenvalue weighted by atomic mass is 10.0. The highest BCUT2D eigenvalue weighted by Crippen LogP contribution is 2.21. The first-order chi connectivity index (χ1) is 7.58. The Balaban J connectivity index is 2.42. The Kier molecular flexibility index (Phi) is 2.69. The van der Waals surface area contributed by atoms with Crippen molar-refractivity contribution in [2.75, 3.05) is 0 Å². The normalized spacial score (nSPS) is 11.0. The van der Waals surface area contributed by atoms with Crippen LogP contribution in [0.15, 0.2) is 29.1 Å². The molecule has 0 saturated carbocycles. The van der Waals surface area contributed by atoms with E-state index in [0.29, 0.717) is 5.92 Å². The molecular formula is C13H16N2O. The molecule has 3 heteroatoms. The highest BCUT2D eigenvalue weighted by Gasteiger charge is 2.06. The predicted molar refractivity (Wildman–Crippen MR) is 65.7 cm³/mol. The second-order valence-electron chi connectivity index (χ2n) is 4.36. The minimum absolute atomic E-state index is 0.152. The van der Waals surface area contributed by atoms with Crippen molar-refractivity contribution >= 4 is 0 Å². The van der Waals surface area contributed by atoms with Gasteiger partial charge in [-0.25, -0.2) is 4.79 Å². The van der Waals surface area contributed by atoms with Crippen LogP contribution in [-0.4, -0.2) is 9.97 Å². The molecule has 0 aliphatic rings. The summed E-state index contributed by atoms with van der Waals surface area (Å²) in [5, 5.41) is 0. The van der Waals surface area contributed by atoms with E-state index in [1.54, 1.807) is 0 Å². The average Bonchev–Trinajstić information content (AvgIpc) is 2.58. The molecule has 0 spiro atoms. The molecule has 1 aromatic carbocycles. The third-order valence-electron chi connectivity index (χ3n) is 2.78. The van der Waals surface area contributed by atoms with Gasteiger partial charge in [0.2, 0.25) is 0 Å². The molecule has 0 atom stereocenters. The quantitative estimate of drug-likeness (QED) is 0.796. The summed E-state index contributed by atoms with van der Waals surface area (Å²) in [6, 6.07) is 8.29. The van der Waals surface area contributed by atoms with Crippen molar-refractivity contribution < 1.29 is 0 Å². The first-order valence-corrected chi connectivity index (χ1v) is 5.47. The van der Waals surface area contributed by atoms with E-state index in [1.165, 1.54) is 5.56 Å². The van der Waals surface area contributed by atoms with E-state index in [1.807, 2.05) is 19.1 Å². The van der Waals surface area contributed by atoms with Gasteiger partial charge in [0, 0.05) is 5.69 Å². The summed E-state index contributed by atoms with van der Waals surface area (Å²) in [6.45, 7) is 6.22. The van der Waals surface area contributed by atoms with Gasteiger partial charge in [0.15, 0.2) is 0 Å². The number of imidazole rings is 1. The fraction of sp³-hybridized carbons (Fsp3) is 0.308. The smallest absolute Gasteiger partial charge is 0.310 e. The van der Waals surface area contributed by atoms with Gasteiger partial charge in [-0.2, -0.15) is 0 Å². The fourth-order valence-corrected chi connectivity index (χ4v) is 1.79. The molecule has 1 heterocycles. The van der Waals surface area contributed by atoms with Gasteiger partial charge in [0.25, 0.3) is 0 Å². The second-order valence-corrected chi connectivity index (χ2v) is 4.36. The van der Waals surface area contributed by atoms with Gasteiger partial charge in [0.05, 0.1) is 5.69 Å². The Hall–Kier alpha value is -1.77. The molecule has 0 amide bonds. The Morgan fingerprint density at radius 1 is 1.06 bits per heavy atom. The van der Waals surface area contributed by atoms with Gasteiger partial charge in [-0.15, -0.1) is 0 Å². The van der Waals surface area contributed by atoms with Crippen molar-refractivity contribution in [1.82, 2.24) is 9.97 Å². The molecule has 0 bridgehead atoms. The monoisotopic (exact) mass is 216 g/mol. The first kappa shape index (κ1) is 10.7. The van der Waals surface area contributed by atoms with Gasteiger partial charge < -0.3 is 9.97 Å². The molecule has 16 heavy (non-hydrogen) atoms. The van der Waals surface area contributed by atoms with Gasteiger partial charge in [-0.05, 0) is 24.0 Å². The second kappa shape index (κ2) is 4.00. The summed E-state index contributed by atoms with van der Waals surface area (Å²) in [5.41, 5.74) is 3.95. The summed E-state index contributed by atoms with van der Waals surface area (Å²) in [4.78, 5) is 16.7. The lowest BCUT2D eigenvalue weighted by molar-refractivity contribution is 0.867. The van der Waals surface area contributed by atoms with Crippen molar-refractivity contribution in [3.8, 4) is 11.3 Å². The lowest BCUT2D eigenvalue weighted by Crippen LogP contribution is -2.00. The lowest BCUT2D eigenvalue weighted by Gasteiger charge is -2.06. The number of rotatable bonds is 2. The van der Waals surface area contributed by atoms with Crippen molar-refractivity contribution in [1.29, 1.82) is 0 Å². The van der Waals surface area contributed by atoms with Crippen LogP contribution >= 0.6 is 0 Å². The van der Waals surface area contributed by atoms with E-state index in [0.717, 1.165) is 17.0 Å². The summed E-state index contributed by atoms with van der Waals surface area (Å²) < 4.78 is 0. The molecule has 84 valence electrons. The van der Waals surface area contributed by atoms with Crippen LogP contribution in [0.5, 0.6) is 0 Å². The predicted octanol–water partition coefficient (Wildman–Crippen LogP) is 2.80. The average molecular weight is 216 g/mol. The zero-order chi connectivity index (χ0) is 11.7. The minimum atomic E-state index is -0.152. The molecule has 0 radical (unpaired) electrons. The van der Waals surface area contributed by atoms with Crippen LogP contribution in [0, 0.1) is 6.92 Å². The maximum atomic E-state index is 11.1. The summed E-state index contributed by atoms with van der Waals surface area (Å²) in [7, 11) is 0. The van der Waals surface area contributed by atoms with E-state index in [2.05, 4.69) is 35.9 Å². The van der Waals surface area contributed by atoms with E-state index >= 15 is 0 Å². The Morgan fingerprint density at radius 3 is 2.12 bits per heavy atom. The van der Waals surface area contributed by atoms with Gasteiger partial charge in [-0.3, -0.25) is 0 Å². The number of aromatic amines is 2. The van der Waals surface area contributed by atoms with Crippen molar-refractivity contribution in [3.63, 3.8) is 0 Å². The minimum Gasteiger partial charge on any atom is -0.310 e. The first-order valence-electron chi connectivity index (χ1n) is 5.47. The maximum Gasteiger partial charge on any atom is 0.323 e. The van der Waals surface area contributed by atoms with Crippen LogP contribution in [0.2, 0.25) is 0 Å². The van der Waals surface area contributed by atoms with Crippen molar-refractivity contribution in [2.24, 2.45) is 0 Å². The van der Waals surface area contributed by atoms with E-state index in [-0.39, 0.29) is 5.69 Å². The largest absolute Gasteiger partial charge is 0.323 e. The van der Waals surface area contributed by atoms with Crippen LogP contribution in [0.1, 0.15) is 31.0 Å². The van der Waals surface area contributed by atoms with Gasteiger partial charge in [0.1, 0.15) is 0 Å². The van der Waals surface area contributed by atoms with Crippen molar-refractivity contribution in [3.05, 3.63) is 46.0 Å². The summed E-state index contributed by atoms with van der Waals surface area (Å²) >= 11 is 0. The molecule has 0 aliphatic heterocycles. The van der Waals surface area contributed by atoms with Crippen LogP contribution in [-0.2, 0) is 0 Å². The van der Waals surface area contributed by atoms with Crippen LogP contribution in [0.4, 0.5) is 0 Å². The molecule has 3 nitrogen and oxygen atoms in total. The number of benzene rings is 1. The van der Waals surface area contributed by atoms with Gasteiger partial charge >= 0.3 is 5.69 Å². The molecule has 0 aliphatic carbocycles. The number of aryl methyl sites for hydroxylation is 1. The Labute approximate surface area is 94.5 Å². The highest BCUT2D eigenvalue weighted by atomic mass is 16.1.